The summed E-state index contributed by atoms with van der Waals surface area (Å²) in [6.07, 6.45) is 4.54. The SMILES string of the molecule is Cc1cc(C)c(Oc2nc(Nc3ccc(C#N)cc3)nc3sc4c(c23)CCCC4)c(C)c1. The van der Waals surface area contributed by atoms with Gasteiger partial charge in [-0.05, 0) is 87.4 Å². The highest BCUT2D eigenvalue weighted by Gasteiger charge is 2.23. The molecule has 0 bridgehead atoms. The smallest absolute Gasteiger partial charge is 0.233 e. The molecule has 0 saturated carbocycles. The molecular formula is C26H24N4OS. The lowest BCUT2D eigenvalue weighted by Gasteiger charge is -2.16. The maximum atomic E-state index is 9.04. The number of fused-ring (bicyclic) bond motifs is 3. The molecule has 0 spiro atoms. The van der Waals surface area contributed by atoms with Crippen LogP contribution in [-0.4, -0.2) is 9.97 Å². The lowest BCUT2D eigenvalue weighted by molar-refractivity contribution is 0.461. The third-order valence-electron chi connectivity index (χ3n) is 5.86. The van der Waals surface area contributed by atoms with E-state index in [1.807, 2.05) is 12.1 Å². The summed E-state index contributed by atoms with van der Waals surface area (Å²) < 4.78 is 6.52. The molecule has 6 heteroatoms. The summed E-state index contributed by atoms with van der Waals surface area (Å²) in [6, 6.07) is 13.7. The molecule has 0 fully saturated rings. The van der Waals surface area contributed by atoms with Gasteiger partial charge in [0.2, 0.25) is 11.8 Å². The first-order chi connectivity index (χ1) is 15.5. The van der Waals surface area contributed by atoms with Gasteiger partial charge in [-0.15, -0.1) is 11.3 Å². The molecule has 0 saturated heterocycles. The molecule has 2 aromatic carbocycles. The Morgan fingerprint density at radius 3 is 2.44 bits per heavy atom. The van der Waals surface area contributed by atoms with Gasteiger partial charge in [-0.2, -0.15) is 10.2 Å². The fourth-order valence-electron chi connectivity index (χ4n) is 4.44. The second kappa shape index (κ2) is 8.25. The highest BCUT2D eigenvalue weighted by molar-refractivity contribution is 7.18. The number of thiophene rings is 1. The third-order valence-corrected chi connectivity index (χ3v) is 7.04. The quantitative estimate of drug-likeness (QED) is 0.374. The van der Waals surface area contributed by atoms with Crippen molar-refractivity contribution in [3.8, 4) is 17.7 Å². The Morgan fingerprint density at radius 1 is 1.00 bits per heavy atom. The van der Waals surface area contributed by atoms with Crippen molar-refractivity contribution in [1.29, 1.82) is 5.26 Å². The number of nitrogens with zero attached hydrogens (tertiary/aromatic N) is 3. The standard InChI is InChI=1S/C26H24N4OS/c1-15-12-16(2)23(17(3)13-15)31-24-22-20-6-4-5-7-21(20)32-25(22)30-26(29-24)28-19-10-8-18(14-27)9-11-19/h8-13H,4-7H2,1-3H3,(H,28,29,30). The Labute approximate surface area is 191 Å². The average Bonchev–Trinajstić information content (AvgIpc) is 3.15. The molecular weight excluding hydrogens is 416 g/mol. The largest absolute Gasteiger partial charge is 0.438 e. The fraction of sp³-hybridized carbons (Fsp3) is 0.269. The van der Waals surface area contributed by atoms with E-state index in [1.54, 1.807) is 23.5 Å². The minimum atomic E-state index is 0.498. The highest BCUT2D eigenvalue weighted by Crippen LogP contribution is 2.42. The monoisotopic (exact) mass is 440 g/mol. The van der Waals surface area contributed by atoms with Crippen molar-refractivity contribution in [2.45, 2.75) is 46.5 Å². The van der Waals surface area contributed by atoms with Gasteiger partial charge >= 0.3 is 0 Å². The molecule has 1 aliphatic carbocycles. The molecule has 0 amide bonds. The van der Waals surface area contributed by atoms with Gasteiger partial charge in [-0.3, -0.25) is 0 Å². The number of aromatic nitrogens is 2. The van der Waals surface area contributed by atoms with E-state index in [0.717, 1.165) is 45.6 Å². The van der Waals surface area contributed by atoms with E-state index in [4.69, 9.17) is 20.0 Å². The zero-order valence-corrected chi connectivity index (χ0v) is 19.3. The second-order valence-corrected chi connectivity index (χ2v) is 9.47. The Balaban J connectivity index is 1.62. The van der Waals surface area contributed by atoms with Crippen LogP contribution in [0.2, 0.25) is 0 Å². The molecule has 1 aliphatic rings. The van der Waals surface area contributed by atoms with Gasteiger partial charge in [0, 0.05) is 10.6 Å². The second-order valence-electron chi connectivity index (χ2n) is 8.39. The van der Waals surface area contributed by atoms with E-state index in [-0.39, 0.29) is 0 Å². The molecule has 0 aliphatic heterocycles. The normalized spacial score (nSPS) is 12.9. The van der Waals surface area contributed by atoms with E-state index >= 15 is 0 Å². The molecule has 5 rings (SSSR count). The van der Waals surface area contributed by atoms with Gasteiger partial charge in [-0.1, -0.05) is 17.7 Å². The van der Waals surface area contributed by atoms with Crippen LogP contribution in [0.3, 0.4) is 0 Å². The zero-order chi connectivity index (χ0) is 22.2. The Morgan fingerprint density at radius 2 is 1.72 bits per heavy atom. The number of rotatable bonds is 4. The van der Waals surface area contributed by atoms with Crippen LogP contribution in [0.15, 0.2) is 36.4 Å². The summed E-state index contributed by atoms with van der Waals surface area (Å²) in [5.74, 6) is 1.97. The summed E-state index contributed by atoms with van der Waals surface area (Å²) in [7, 11) is 0. The maximum absolute atomic E-state index is 9.04. The number of nitriles is 1. The highest BCUT2D eigenvalue weighted by atomic mass is 32.1. The molecule has 4 aromatic rings. The summed E-state index contributed by atoms with van der Waals surface area (Å²) in [5.41, 5.74) is 6.21. The van der Waals surface area contributed by atoms with Crippen molar-refractivity contribution < 1.29 is 4.74 Å². The Kier molecular flexibility index (Phi) is 5.28. The lowest BCUT2D eigenvalue weighted by atomic mass is 9.97. The number of benzene rings is 2. The van der Waals surface area contributed by atoms with Crippen molar-refractivity contribution in [2.24, 2.45) is 0 Å². The predicted octanol–water partition coefficient (Wildman–Crippen LogP) is 6.90. The van der Waals surface area contributed by atoms with Crippen molar-refractivity contribution in [2.75, 3.05) is 5.32 Å². The molecule has 0 unspecified atom stereocenters. The van der Waals surface area contributed by atoms with Crippen LogP contribution in [0.5, 0.6) is 11.6 Å². The first-order valence-corrected chi connectivity index (χ1v) is 11.7. The van der Waals surface area contributed by atoms with Crippen LogP contribution in [0.4, 0.5) is 11.6 Å². The van der Waals surface area contributed by atoms with Gasteiger partial charge < -0.3 is 10.1 Å². The summed E-state index contributed by atoms with van der Waals surface area (Å²) in [5, 5.41) is 13.4. The molecule has 2 heterocycles. The Hall–Kier alpha value is -3.43. The topological polar surface area (TPSA) is 70.8 Å². The van der Waals surface area contributed by atoms with Gasteiger partial charge in [0.25, 0.3) is 0 Å². The van der Waals surface area contributed by atoms with Crippen molar-refractivity contribution in [3.63, 3.8) is 0 Å². The van der Waals surface area contributed by atoms with Crippen molar-refractivity contribution in [1.82, 2.24) is 9.97 Å². The van der Waals surface area contributed by atoms with Gasteiger partial charge in [0.1, 0.15) is 10.6 Å². The van der Waals surface area contributed by atoms with E-state index in [9.17, 15) is 0 Å². The van der Waals surface area contributed by atoms with Crippen LogP contribution in [0, 0.1) is 32.1 Å². The van der Waals surface area contributed by atoms with Crippen LogP contribution in [0.25, 0.3) is 10.2 Å². The van der Waals surface area contributed by atoms with Crippen molar-refractivity contribution in [3.05, 3.63) is 69.1 Å². The third kappa shape index (κ3) is 3.80. The molecule has 5 nitrogen and oxygen atoms in total. The molecule has 1 N–H and O–H groups in total. The van der Waals surface area contributed by atoms with Crippen LogP contribution in [-0.2, 0) is 12.8 Å². The van der Waals surface area contributed by atoms with Gasteiger partial charge in [0.05, 0.1) is 17.0 Å². The average molecular weight is 441 g/mol. The number of ether oxygens (including phenoxy) is 1. The van der Waals surface area contributed by atoms with Gasteiger partial charge in [-0.25, -0.2) is 4.98 Å². The minimum absolute atomic E-state index is 0.498. The minimum Gasteiger partial charge on any atom is -0.438 e. The summed E-state index contributed by atoms with van der Waals surface area (Å²) >= 11 is 1.75. The number of hydrogen-bond acceptors (Lipinski definition) is 6. The lowest BCUT2D eigenvalue weighted by Crippen LogP contribution is -2.03. The number of nitrogens with one attached hydrogen (secondary N) is 1. The van der Waals surface area contributed by atoms with E-state index < -0.39 is 0 Å². The fourth-order valence-corrected chi connectivity index (χ4v) is 5.69. The van der Waals surface area contributed by atoms with E-state index in [1.165, 1.54) is 28.8 Å². The molecule has 0 radical (unpaired) electrons. The van der Waals surface area contributed by atoms with Crippen LogP contribution in [0.1, 0.15) is 45.5 Å². The summed E-state index contributed by atoms with van der Waals surface area (Å²) in [6.45, 7) is 6.25. The van der Waals surface area contributed by atoms with Crippen LogP contribution >= 0.6 is 11.3 Å². The molecule has 2 aromatic heterocycles. The first kappa shape index (κ1) is 20.5. The van der Waals surface area contributed by atoms with E-state index in [0.29, 0.717) is 17.4 Å². The molecule has 0 atom stereocenters. The van der Waals surface area contributed by atoms with Crippen molar-refractivity contribution >= 4 is 33.2 Å². The number of anilines is 2. The Bertz CT molecular complexity index is 1340. The van der Waals surface area contributed by atoms with E-state index in [2.05, 4.69) is 44.3 Å². The molecule has 32 heavy (non-hydrogen) atoms. The number of hydrogen-bond donors (Lipinski definition) is 1. The predicted molar refractivity (Wildman–Crippen MR) is 129 cm³/mol. The maximum Gasteiger partial charge on any atom is 0.233 e. The number of aryl methyl sites for hydroxylation is 5. The summed E-state index contributed by atoms with van der Waals surface area (Å²) in [4.78, 5) is 12.0. The van der Waals surface area contributed by atoms with Crippen LogP contribution < -0.4 is 10.1 Å². The zero-order valence-electron chi connectivity index (χ0n) is 18.5. The van der Waals surface area contributed by atoms with Gasteiger partial charge in [0.15, 0.2) is 0 Å². The molecule has 160 valence electrons. The first-order valence-electron chi connectivity index (χ1n) is 10.9.